The van der Waals surface area contributed by atoms with Crippen LogP contribution in [0.15, 0.2) is 71.2 Å². The molecule has 4 aromatic rings. The molecule has 0 saturated carbocycles. The number of amides is 1. The average molecular weight is 516 g/mol. The highest BCUT2D eigenvalue weighted by atomic mass is 32.2. The van der Waals surface area contributed by atoms with Gasteiger partial charge in [0.25, 0.3) is 10.0 Å². The number of nitrogens with one attached hydrogen (secondary N) is 1. The molecule has 1 amide bonds. The molecule has 1 N–H and O–H groups in total. The van der Waals surface area contributed by atoms with Gasteiger partial charge in [-0.3, -0.25) is 9.52 Å². The molecule has 0 aliphatic carbocycles. The second-order valence-electron chi connectivity index (χ2n) is 8.47. The van der Waals surface area contributed by atoms with Gasteiger partial charge < -0.3 is 14.4 Å². The molecule has 11 heteroatoms. The summed E-state index contributed by atoms with van der Waals surface area (Å²) in [6, 6.07) is 13.1. The Bertz CT molecular complexity index is 1460. The van der Waals surface area contributed by atoms with Gasteiger partial charge in [-0.05, 0) is 55.5 Å². The molecular weight excluding hydrogens is 489 g/mol. The van der Waals surface area contributed by atoms with Crippen LogP contribution in [-0.4, -0.2) is 54.5 Å². The minimum absolute atomic E-state index is 0. The molecule has 1 atom stereocenters. The number of nitrogens with zero attached hydrogens (tertiary/aromatic N) is 4. The van der Waals surface area contributed by atoms with Gasteiger partial charge in [0.1, 0.15) is 12.4 Å². The van der Waals surface area contributed by atoms with Crippen LogP contribution in [0.5, 0.6) is 0 Å². The topological polar surface area (TPSA) is 87.5 Å². The van der Waals surface area contributed by atoms with Crippen molar-refractivity contribution >= 4 is 49.0 Å². The minimum atomic E-state index is -3.70. The van der Waals surface area contributed by atoms with Crippen LogP contribution < -0.4 is 9.62 Å². The van der Waals surface area contributed by atoms with E-state index in [4.69, 9.17) is 0 Å². The lowest BCUT2D eigenvalue weighted by molar-refractivity contribution is -0.134. The monoisotopic (exact) mass is 515 g/mol. The van der Waals surface area contributed by atoms with Gasteiger partial charge in [0.15, 0.2) is 5.13 Å². The van der Waals surface area contributed by atoms with Crippen LogP contribution in [-0.2, 0) is 21.4 Å². The van der Waals surface area contributed by atoms with E-state index in [-0.39, 0.29) is 30.6 Å². The molecule has 1 aliphatic rings. The van der Waals surface area contributed by atoms with Crippen LogP contribution >= 0.6 is 11.3 Å². The Kier molecular flexibility index (Phi) is 6.20. The zero-order valence-corrected chi connectivity index (χ0v) is 20.6. The minimum Gasteiger partial charge on any atom is -0.368 e. The highest BCUT2D eigenvalue weighted by Gasteiger charge is 2.28. The number of fused-ring (bicyclic) bond motifs is 1. The maximum Gasteiger partial charge on any atom is 0.263 e. The molecule has 3 heterocycles. The van der Waals surface area contributed by atoms with E-state index in [0.29, 0.717) is 24.8 Å². The molecular formula is C24H26FN5O3S2. The van der Waals surface area contributed by atoms with Crippen LogP contribution in [0.3, 0.4) is 0 Å². The largest absolute Gasteiger partial charge is 0.368 e. The van der Waals surface area contributed by atoms with Gasteiger partial charge in [-0.25, -0.2) is 17.8 Å². The number of anilines is 2. The van der Waals surface area contributed by atoms with Crippen molar-refractivity contribution in [3.8, 4) is 0 Å². The SMILES string of the molecule is C[C@H]1CN(c2ccc(S(=O)(=O)Nc3nccs3)cc2)CCN1C(=O)Cn1ccc2cc(F)ccc21.[HH]. The number of carbonyl (C=O) groups excluding carboxylic acids is 1. The number of halogens is 1. The van der Waals surface area contributed by atoms with E-state index >= 15 is 0 Å². The van der Waals surface area contributed by atoms with Gasteiger partial charge in [-0.1, -0.05) is 0 Å². The van der Waals surface area contributed by atoms with Crippen molar-refractivity contribution in [2.75, 3.05) is 29.3 Å². The van der Waals surface area contributed by atoms with Gasteiger partial charge in [-0.2, -0.15) is 0 Å². The summed E-state index contributed by atoms with van der Waals surface area (Å²) in [7, 11) is -3.70. The van der Waals surface area contributed by atoms with Crippen molar-refractivity contribution in [3.05, 3.63) is 72.1 Å². The van der Waals surface area contributed by atoms with Crippen molar-refractivity contribution in [1.82, 2.24) is 14.5 Å². The van der Waals surface area contributed by atoms with Crippen LogP contribution in [0.25, 0.3) is 10.9 Å². The number of hydrogen-bond acceptors (Lipinski definition) is 6. The third-order valence-corrected chi connectivity index (χ3v) is 8.33. The predicted octanol–water partition coefficient (Wildman–Crippen LogP) is 4.02. The third kappa shape index (κ3) is 4.87. The molecule has 2 aromatic carbocycles. The fourth-order valence-corrected chi connectivity index (χ4v) is 6.18. The first kappa shape index (κ1) is 23.3. The smallest absolute Gasteiger partial charge is 0.263 e. The molecule has 0 unspecified atom stereocenters. The van der Waals surface area contributed by atoms with E-state index in [1.165, 1.54) is 23.5 Å². The Morgan fingerprint density at radius 3 is 2.71 bits per heavy atom. The molecule has 1 aliphatic heterocycles. The number of piperazine rings is 1. The van der Waals surface area contributed by atoms with Gasteiger partial charge in [0, 0.05) is 61.5 Å². The summed E-state index contributed by atoms with van der Waals surface area (Å²) in [5, 5.41) is 2.79. The van der Waals surface area contributed by atoms with Gasteiger partial charge in [-0.15, -0.1) is 11.3 Å². The van der Waals surface area contributed by atoms with E-state index in [1.807, 2.05) is 28.7 Å². The molecule has 8 nitrogen and oxygen atoms in total. The van der Waals surface area contributed by atoms with Gasteiger partial charge >= 0.3 is 0 Å². The summed E-state index contributed by atoms with van der Waals surface area (Å²) >= 11 is 1.22. The summed E-state index contributed by atoms with van der Waals surface area (Å²) < 4.78 is 42.9. The standard InChI is InChI=1S/C24H24FN5O3S2.H2/c1-17-15-28(20-3-5-21(6-4-20)35(32,33)27-24-26-9-13-34-24)11-12-30(17)23(31)16-29-10-8-18-14-19(25)2-7-22(18)29;/h2-10,13-14,17H,11-12,15-16H2,1H3,(H,26,27);1H/t17-;/m0./s1. The second-order valence-corrected chi connectivity index (χ2v) is 11.0. The third-order valence-electron chi connectivity index (χ3n) is 6.15. The summed E-state index contributed by atoms with van der Waals surface area (Å²) in [4.78, 5) is 21.2. The molecule has 35 heavy (non-hydrogen) atoms. The van der Waals surface area contributed by atoms with E-state index in [9.17, 15) is 17.6 Å². The van der Waals surface area contributed by atoms with Crippen molar-refractivity contribution in [2.24, 2.45) is 0 Å². The lowest BCUT2D eigenvalue weighted by Crippen LogP contribution is -2.54. The van der Waals surface area contributed by atoms with Crippen molar-refractivity contribution < 1.29 is 19.0 Å². The van der Waals surface area contributed by atoms with Crippen LogP contribution in [0.4, 0.5) is 15.2 Å². The first-order valence-electron chi connectivity index (χ1n) is 11.1. The molecule has 0 bridgehead atoms. The fourth-order valence-electron chi connectivity index (χ4n) is 4.39. The maximum absolute atomic E-state index is 13.5. The Morgan fingerprint density at radius 2 is 2.00 bits per heavy atom. The second kappa shape index (κ2) is 9.31. The fraction of sp³-hybridized carbons (Fsp3) is 0.250. The summed E-state index contributed by atoms with van der Waals surface area (Å²) in [6.45, 7) is 4.02. The Balaban J connectivity index is 0.00000304. The molecule has 0 spiro atoms. The maximum atomic E-state index is 13.5. The molecule has 2 aromatic heterocycles. The van der Waals surface area contributed by atoms with E-state index in [1.54, 1.807) is 41.9 Å². The zero-order valence-electron chi connectivity index (χ0n) is 19.0. The normalized spacial score (nSPS) is 16.6. The van der Waals surface area contributed by atoms with Crippen molar-refractivity contribution in [3.63, 3.8) is 0 Å². The van der Waals surface area contributed by atoms with Crippen LogP contribution in [0.2, 0.25) is 0 Å². The number of aromatic nitrogens is 2. The Morgan fingerprint density at radius 1 is 1.20 bits per heavy atom. The summed E-state index contributed by atoms with van der Waals surface area (Å²) in [5.74, 6) is -0.290. The quantitative estimate of drug-likeness (QED) is 0.419. The number of benzene rings is 2. The number of hydrogen-bond donors (Lipinski definition) is 1. The molecule has 184 valence electrons. The number of carbonyl (C=O) groups is 1. The zero-order chi connectivity index (χ0) is 24.6. The lowest BCUT2D eigenvalue weighted by atomic mass is 10.1. The Labute approximate surface area is 208 Å². The number of rotatable bonds is 6. The van der Waals surface area contributed by atoms with Crippen molar-refractivity contribution in [2.45, 2.75) is 24.4 Å². The first-order valence-corrected chi connectivity index (χ1v) is 13.5. The predicted molar refractivity (Wildman–Crippen MR) is 137 cm³/mol. The van der Waals surface area contributed by atoms with Crippen LogP contribution in [0.1, 0.15) is 8.35 Å². The average Bonchev–Trinajstić information content (AvgIpc) is 3.48. The van der Waals surface area contributed by atoms with Gasteiger partial charge in [0.05, 0.1) is 4.90 Å². The lowest BCUT2D eigenvalue weighted by Gasteiger charge is -2.41. The number of sulfonamides is 1. The Hall–Kier alpha value is -3.44. The highest BCUT2D eigenvalue weighted by Crippen LogP contribution is 2.24. The van der Waals surface area contributed by atoms with E-state index in [2.05, 4.69) is 14.6 Å². The molecule has 5 rings (SSSR count). The highest BCUT2D eigenvalue weighted by molar-refractivity contribution is 7.93. The molecule has 1 saturated heterocycles. The molecule has 1 fully saturated rings. The summed E-state index contributed by atoms with van der Waals surface area (Å²) in [5.41, 5.74) is 1.72. The summed E-state index contributed by atoms with van der Waals surface area (Å²) in [6.07, 6.45) is 3.35. The molecule has 0 radical (unpaired) electrons. The first-order chi connectivity index (χ1) is 16.8. The van der Waals surface area contributed by atoms with Crippen LogP contribution in [0, 0.1) is 5.82 Å². The number of thiazole rings is 1. The van der Waals surface area contributed by atoms with E-state index in [0.717, 1.165) is 16.6 Å². The van der Waals surface area contributed by atoms with Gasteiger partial charge in [0.2, 0.25) is 5.91 Å². The van der Waals surface area contributed by atoms with E-state index < -0.39 is 10.0 Å². The van der Waals surface area contributed by atoms with Crippen molar-refractivity contribution in [1.29, 1.82) is 0 Å².